The highest BCUT2D eigenvalue weighted by atomic mass is 32.2. The van der Waals surface area contributed by atoms with Crippen molar-refractivity contribution in [3.63, 3.8) is 0 Å². The first-order valence-corrected chi connectivity index (χ1v) is 7.78. The van der Waals surface area contributed by atoms with Crippen molar-refractivity contribution < 1.29 is 14.3 Å². The van der Waals surface area contributed by atoms with Crippen LogP contribution in [0.25, 0.3) is 6.08 Å². The van der Waals surface area contributed by atoms with Gasteiger partial charge in [0.1, 0.15) is 5.75 Å². The Kier molecular flexibility index (Phi) is 5.07. The third-order valence-electron chi connectivity index (χ3n) is 3.33. The molecule has 5 heteroatoms. The van der Waals surface area contributed by atoms with Crippen LogP contribution < -0.4 is 4.74 Å². The molecule has 0 saturated carbocycles. The van der Waals surface area contributed by atoms with Crippen LogP contribution in [0.15, 0.2) is 23.1 Å². The highest BCUT2D eigenvalue weighted by Crippen LogP contribution is 2.33. The molecule has 0 bridgehead atoms. The summed E-state index contributed by atoms with van der Waals surface area (Å²) in [7, 11) is 1.63. The third kappa shape index (κ3) is 3.47. The van der Waals surface area contributed by atoms with E-state index in [4.69, 9.17) is 4.74 Å². The molecule has 1 aliphatic heterocycles. The van der Waals surface area contributed by atoms with E-state index in [0.29, 0.717) is 11.4 Å². The second-order valence-corrected chi connectivity index (χ2v) is 5.91. The summed E-state index contributed by atoms with van der Waals surface area (Å²) in [6.07, 6.45) is 3.56. The molecule has 0 radical (unpaired) electrons. The summed E-state index contributed by atoms with van der Waals surface area (Å²) in [5.41, 5.74) is 1.89. The van der Waals surface area contributed by atoms with Crippen LogP contribution in [0.3, 0.4) is 0 Å². The van der Waals surface area contributed by atoms with Gasteiger partial charge < -0.3 is 4.74 Å². The number of hydrogen-bond donors (Lipinski definition) is 0. The maximum absolute atomic E-state index is 12.2. The first-order valence-electron chi connectivity index (χ1n) is 6.96. The van der Waals surface area contributed by atoms with Crippen LogP contribution in [-0.4, -0.2) is 29.7 Å². The standard InChI is InChI=1S/C16H19NO3S/c1-4-5-8-17-15(18)14(21-16(17)19)10-12-6-7-13(20-3)11(2)9-12/h6-7,9-10H,4-5,8H2,1-3H3/b14-10-. The van der Waals surface area contributed by atoms with Gasteiger partial charge in [0.25, 0.3) is 11.1 Å². The summed E-state index contributed by atoms with van der Waals surface area (Å²) < 4.78 is 5.21. The molecule has 112 valence electrons. The molecule has 4 nitrogen and oxygen atoms in total. The number of carbonyl (C=O) groups excluding carboxylic acids is 2. The van der Waals surface area contributed by atoms with E-state index in [1.54, 1.807) is 13.2 Å². The zero-order chi connectivity index (χ0) is 15.4. The molecule has 1 aromatic carbocycles. The van der Waals surface area contributed by atoms with Gasteiger partial charge in [-0.3, -0.25) is 14.5 Å². The maximum atomic E-state index is 12.2. The lowest BCUT2D eigenvalue weighted by Gasteiger charge is -2.10. The number of amides is 2. The van der Waals surface area contributed by atoms with E-state index < -0.39 is 0 Å². The van der Waals surface area contributed by atoms with Gasteiger partial charge in [-0.1, -0.05) is 19.4 Å². The Labute approximate surface area is 129 Å². The van der Waals surface area contributed by atoms with Crippen molar-refractivity contribution in [3.8, 4) is 5.75 Å². The number of benzene rings is 1. The molecule has 1 fully saturated rings. The Balaban J connectivity index is 2.20. The minimum absolute atomic E-state index is 0.176. The molecule has 0 N–H and O–H groups in total. The second-order valence-electron chi connectivity index (χ2n) is 4.92. The van der Waals surface area contributed by atoms with Crippen molar-refractivity contribution in [2.75, 3.05) is 13.7 Å². The lowest BCUT2D eigenvalue weighted by Crippen LogP contribution is -2.29. The largest absolute Gasteiger partial charge is 0.496 e. The summed E-state index contributed by atoms with van der Waals surface area (Å²) in [5, 5.41) is -0.176. The Morgan fingerprint density at radius 3 is 2.71 bits per heavy atom. The number of nitrogens with zero attached hydrogens (tertiary/aromatic N) is 1. The van der Waals surface area contributed by atoms with Crippen molar-refractivity contribution in [1.29, 1.82) is 0 Å². The Morgan fingerprint density at radius 2 is 2.10 bits per heavy atom. The molecule has 1 aliphatic rings. The molecule has 0 spiro atoms. The van der Waals surface area contributed by atoms with Crippen molar-refractivity contribution in [1.82, 2.24) is 4.90 Å². The Hall–Kier alpha value is -1.75. The lowest BCUT2D eigenvalue weighted by molar-refractivity contribution is -0.122. The molecule has 2 rings (SSSR count). The average molecular weight is 305 g/mol. The van der Waals surface area contributed by atoms with Crippen LogP contribution in [0, 0.1) is 6.92 Å². The predicted octanol–water partition coefficient (Wildman–Crippen LogP) is 3.84. The number of methoxy groups -OCH3 is 1. The molecule has 1 saturated heterocycles. The van der Waals surface area contributed by atoms with E-state index in [9.17, 15) is 9.59 Å². The fraction of sp³-hybridized carbons (Fsp3) is 0.375. The van der Waals surface area contributed by atoms with Gasteiger partial charge in [-0.25, -0.2) is 0 Å². The van der Waals surface area contributed by atoms with Crippen LogP contribution in [0.1, 0.15) is 30.9 Å². The van der Waals surface area contributed by atoms with Crippen LogP contribution in [0.5, 0.6) is 5.75 Å². The maximum Gasteiger partial charge on any atom is 0.293 e. The number of aryl methyl sites for hydroxylation is 1. The van der Waals surface area contributed by atoms with E-state index in [1.165, 1.54) is 4.90 Å². The van der Waals surface area contributed by atoms with Crippen molar-refractivity contribution in [2.24, 2.45) is 0 Å². The number of unbranched alkanes of at least 4 members (excludes halogenated alkanes) is 1. The van der Waals surface area contributed by atoms with E-state index in [2.05, 4.69) is 0 Å². The van der Waals surface area contributed by atoms with Crippen LogP contribution >= 0.6 is 11.8 Å². The van der Waals surface area contributed by atoms with Crippen LogP contribution in [0.4, 0.5) is 4.79 Å². The van der Waals surface area contributed by atoms with Gasteiger partial charge in [0.2, 0.25) is 0 Å². The minimum atomic E-state index is -0.188. The topological polar surface area (TPSA) is 46.6 Å². The quantitative estimate of drug-likeness (QED) is 0.775. The fourth-order valence-corrected chi connectivity index (χ4v) is 3.02. The fourth-order valence-electron chi connectivity index (χ4n) is 2.15. The van der Waals surface area contributed by atoms with Gasteiger partial charge in [0.15, 0.2) is 0 Å². The van der Waals surface area contributed by atoms with Crippen LogP contribution in [0.2, 0.25) is 0 Å². The number of ether oxygens (including phenoxy) is 1. The van der Waals surface area contributed by atoms with Crippen molar-refractivity contribution >= 4 is 29.0 Å². The molecular formula is C16H19NO3S. The van der Waals surface area contributed by atoms with Gasteiger partial charge in [0, 0.05) is 6.54 Å². The predicted molar refractivity (Wildman–Crippen MR) is 85.3 cm³/mol. The zero-order valence-electron chi connectivity index (χ0n) is 12.5. The number of rotatable bonds is 5. The van der Waals surface area contributed by atoms with Gasteiger partial charge in [0.05, 0.1) is 12.0 Å². The summed E-state index contributed by atoms with van der Waals surface area (Å²) in [5.74, 6) is 0.620. The van der Waals surface area contributed by atoms with E-state index in [1.807, 2.05) is 32.0 Å². The van der Waals surface area contributed by atoms with Gasteiger partial charge in [-0.2, -0.15) is 0 Å². The lowest BCUT2D eigenvalue weighted by atomic mass is 10.1. The zero-order valence-corrected chi connectivity index (χ0v) is 13.3. The molecule has 1 heterocycles. The van der Waals surface area contributed by atoms with Crippen LogP contribution in [-0.2, 0) is 4.79 Å². The van der Waals surface area contributed by atoms with Gasteiger partial charge >= 0.3 is 0 Å². The minimum Gasteiger partial charge on any atom is -0.496 e. The van der Waals surface area contributed by atoms with Crippen molar-refractivity contribution in [3.05, 3.63) is 34.2 Å². The molecule has 0 aromatic heterocycles. The molecule has 1 aromatic rings. The average Bonchev–Trinajstić information content (AvgIpc) is 2.72. The summed E-state index contributed by atoms with van der Waals surface area (Å²) in [6, 6.07) is 5.69. The molecule has 21 heavy (non-hydrogen) atoms. The first kappa shape index (κ1) is 15.6. The summed E-state index contributed by atoms with van der Waals surface area (Å²) in [4.78, 5) is 25.9. The Morgan fingerprint density at radius 1 is 1.33 bits per heavy atom. The highest BCUT2D eigenvalue weighted by molar-refractivity contribution is 8.18. The Bertz CT molecular complexity index is 595. The van der Waals surface area contributed by atoms with Crippen molar-refractivity contribution in [2.45, 2.75) is 26.7 Å². The number of imide groups is 1. The SMILES string of the molecule is CCCCN1C(=O)S/C(=C\c2ccc(OC)c(C)c2)C1=O. The number of thioether (sulfide) groups is 1. The number of carbonyl (C=O) groups is 2. The monoisotopic (exact) mass is 305 g/mol. The molecular weight excluding hydrogens is 286 g/mol. The molecule has 2 amide bonds. The smallest absolute Gasteiger partial charge is 0.293 e. The number of hydrogen-bond acceptors (Lipinski definition) is 4. The molecule has 0 aliphatic carbocycles. The highest BCUT2D eigenvalue weighted by Gasteiger charge is 2.34. The second kappa shape index (κ2) is 6.80. The van der Waals surface area contributed by atoms with E-state index in [0.717, 1.165) is 41.5 Å². The summed E-state index contributed by atoms with van der Waals surface area (Å²) in [6.45, 7) is 4.48. The van der Waals surface area contributed by atoms with Gasteiger partial charge in [-0.05, 0) is 54.4 Å². The summed E-state index contributed by atoms with van der Waals surface area (Å²) >= 11 is 1.01. The van der Waals surface area contributed by atoms with E-state index >= 15 is 0 Å². The first-order chi connectivity index (χ1) is 10.1. The van der Waals surface area contributed by atoms with E-state index in [-0.39, 0.29) is 11.1 Å². The van der Waals surface area contributed by atoms with Gasteiger partial charge in [-0.15, -0.1) is 0 Å². The third-order valence-corrected chi connectivity index (χ3v) is 4.23. The normalized spacial score (nSPS) is 16.9. The molecule has 0 atom stereocenters. The molecule has 0 unspecified atom stereocenters.